The first-order valence-corrected chi connectivity index (χ1v) is 7.25. The van der Waals surface area contributed by atoms with E-state index in [0.29, 0.717) is 17.1 Å². The van der Waals surface area contributed by atoms with Gasteiger partial charge < -0.3 is 27.0 Å². The van der Waals surface area contributed by atoms with Crippen molar-refractivity contribution in [2.24, 2.45) is 0 Å². The Labute approximate surface area is 211 Å². The maximum atomic E-state index is 8.48. The van der Waals surface area contributed by atoms with Crippen LogP contribution in [-0.4, -0.2) is 0 Å². The van der Waals surface area contributed by atoms with Crippen LogP contribution < -0.4 is 86.1 Å². The second kappa shape index (κ2) is 73.4. The summed E-state index contributed by atoms with van der Waals surface area (Å²) in [5.41, 5.74) is 17.8. The molecule has 0 amide bonds. The molecule has 0 spiro atoms. The summed E-state index contributed by atoms with van der Waals surface area (Å²) < 4.78 is 8.48. The summed E-state index contributed by atoms with van der Waals surface area (Å²) in [6.07, 6.45) is 0. The fourth-order valence-electron chi connectivity index (χ4n) is 0.602. The quantitative estimate of drug-likeness (QED) is 0.187. The van der Waals surface area contributed by atoms with Gasteiger partial charge >= 0.3 is 59.1 Å². The molecule has 144 valence electrons. The van der Waals surface area contributed by atoms with Crippen LogP contribution in [0, 0.1) is 0 Å². The molecule has 6 N–H and O–H groups in total. The molecule has 1 aromatic rings. The van der Waals surface area contributed by atoms with E-state index in [0.717, 1.165) is 0 Å². The Morgan fingerprint density at radius 2 is 0.778 bits per heavy atom. The largest absolute Gasteiger partial charge is 1.00 e. The summed E-state index contributed by atoms with van der Waals surface area (Å²) in [5, 5.41) is 0. The van der Waals surface area contributed by atoms with Gasteiger partial charge in [-0.3, -0.25) is 0 Å². The molecule has 0 saturated heterocycles. The fourth-order valence-corrected chi connectivity index (χ4v) is 0.602. The number of hydrogen-bond donors (Lipinski definition) is 3. The van der Waals surface area contributed by atoms with Gasteiger partial charge in [0, 0.05) is 0 Å². The summed E-state index contributed by atoms with van der Waals surface area (Å²) in [7, 11) is -3.37. The Bertz CT molecular complexity index is 362. The van der Waals surface area contributed by atoms with Crippen molar-refractivity contribution in [3.63, 3.8) is 0 Å². The molecular formula is C18H33N3Na2O3P+. The van der Waals surface area contributed by atoms with Crippen molar-refractivity contribution in [3.05, 3.63) is 97.1 Å². The van der Waals surface area contributed by atoms with Gasteiger partial charge in [0.15, 0.2) is 0 Å². The second-order valence-electron chi connectivity index (χ2n) is 2.07. The van der Waals surface area contributed by atoms with Crippen LogP contribution in [0.25, 0.3) is 0 Å². The van der Waals surface area contributed by atoms with Crippen LogP contribution in [-0.2, 0) is 4.57 Å². The zero-order chi connectivity index (χ0) is 22.4. The number of para-hydroxylation sites is 1. The average molecular weight is 416 g/mol. The molecule has 0 aliphatic carbocycles. The summed E-state index contributed by atoms with van der Waals surface area (Å²) in [6.45, 7) is 36.0. The monoisotopic (exact) mass is 416 g/mol. The van der Waals surface area contributed by atoms with Crippen LogP contribution in [0.4, 0.5) is 17.1 Å². The molecule has 6 nitrogen and oxygen atoms in total. The topological polar surface area (TPSA) is 141 Å². The summed E-state index contributed by atoms with van der Waals surface area (Å²) in [5.74, 6) is 0. The summed E-state index contributed by atoms with van der Waals surface area (Å²) in [6, 6.07) is 5.19. The van der Waals surface area contributed by atoms with Crippen molar-refractivity contribution < 1.29 is 73.5 Å². The van der Waals surface area contributed by atoms with E-state index in [1.165, 1.54) is 0 Å². The van der Waals surface area contributed by atoms with Gasteiger partial charge in [-0.2, -0.15) is 0 Å². The van der Waals surface area contributed by atoms with Crippen molar-refractivity contribution in [1.29, 1.82) is 0 Å². The Kier molecular flexibility index (Phi) is 153. The Hall–Kier alpha value is -0.920. The second-order valence-corrected chi connectivity index (χ2v) is 2.52. The number of nitrogen functional groups attached to an aromatic ring is 3. The predicted molar refractivity (Wildman–Crippen MR) is 115 cm³/mol. The SMILES string of the molecule is C=C.C=C.C=C.C=C.C=C.C=C.Nc1cccc(N)c1N.O=[P+]([O-])[O-].[Na+].[Na+]. The van der Waals surface area contributed by atoms with E-state index in [9.17, 15) is 0 Å². The van der Waals surface area contributed by atoms with E-state index in [-0.39, 0.29) is 59.1 Å². The van der Waals surface area contributed by atoms with Crippen molar-refractivity contribution in [2.45, 2.75) is 0 Å². The molecule has 0 aliphatic heterocycles. The molecule has 0 radical (unpaired) electrons. The fraction of sp³-hybridized carbons (Fsp3) is 0. The molecule has 0 aromatic heterocycles. The van der Waals surface area contributed by atoms with Crippen molar-refractivity contribution in [1.82, 2.24) is 0 Å². The normalized spacial score (nSPS) is 4.96. The van der Waals surface area contributed by atoms with Gasteiger partial charge in [0.2, 0.25) is 0 Å². The number of anilines is 3. The van der Waals surface area contributed by atoms with Crippen LogP contribution in [0.15, 0.2) is 97.1 Å². The zero-order valence-corrected chi connectivity index (χ0v) is 22.0. The standard InChI is InChI=1S/C6H9N3.6C2H4.2Na.HO3P/c7-4-2-1-3-5(8)6(4)9;6*1-2;;;1-4(2)3/h1-3H,7-9H2;6*1-2H2;;;(H,1,2,3)/q;;;;;;;2*+1;/p-1. The molecule has 0 aliphatic rings. The maximum absolute atomic E-state index is 8.48. The van der Waals surface area contributed by atoms with Crippen LogP contribution >= 0.6 is 8.25 Å². The summed E-state index contributed by atoms with van der Waals surface area (Å²) in [4.78, 5) is 17.0. The van der Waals surface area contributed by atoms with Gasteiger partial charge in [0.1, 0.15) is 0 Å². The minimum atomic E-state index is -3.37. The molecular weight excluding hydrogens is 383 g/mol. The van der Waals surface area contributed by atoms with Crippen LogP contribution in [0.3, 0.4) is 0 Å². The molecule has 0 unspecified atom stereocenters. The van der Waals surface area contributed by atoms with E-state index >= 15 is 0 Å². The number of nitrogens with two attached hydrogens (primary N) is 3. The minimum absolute atomic E-state index is 0. The number of hydrogen-bond acceptors (Lipinski definition) is 6. The van der Waals surface area contributed by atoms with Gasteiger partial charge in [-0.15, -0.1) is 78.9 Å². The summed E-state index contributed by atoms with van der Waals surface area (Å²) >= 11 is 0. The predicted octanol–water partition coefficient (Wildman–Crippen LogP) is -2.38. The third kappa shape index (κ3) is 78.1. The van der Waals surface area contributed by atoms with Gasteiger partial charge in [0.25, 0.3) is 8.25 Å². The van der Waals surface area contributed by atoms with Gasteiger partial charge in [-0.1, -0.05) is 10.6 Å². The van der Waals surface area contributed by atoms with E-state index in [4.69, 9.17) is 31.6 Å². The van der Waals surface area contributed by atoms with E-state index in [1.54, 1.807) is 18.2 Å². The van der Waals surface area contributed by atoms with Crippen molar-refractivity contribution in [3.8, 4) is 0 Å². The molecule has 0 atom stereocenters. The minimum Gasteiger partial charge on any atom is -0.598 e. The molecule has 0 bridgehead atoms. The first kappa shape index (κ1) is 56.2. The van der Waals surface area contributed by atoms with E-state index in [1.807, 2.05) is 0 Å². The molecule has 9 heteroatoms. The van der Waals surface area contributed by atoms with Gasteiger partial charge in [-0.05, 0) is 12.1 Å². The number of benzene rings is 1. The zero-order valence-electron chi connectivity index (χ0n) is 17.1. The first-order valence-electron chi connectivity index (χ1n) is 6.16. The maximum Gasteiger partial charge on any atom is 1.00 e. The van der Waals surface area contributed by atoms with E-state index < -0.39 is 8.25 Å². The third-order valence-electron chi connectivity index (χ3n) is 1.17. The van der Waals surface area contributed by atoms with Crippen molar-refractivity contribution >= 4 is 25.3 Å². The number of rotatable bonds is 0. The van der Waals surface area contributed by atoms with Crippen LogP contribution in [0.1, 0.15) is 0 Å². The van der Waals surface area contributed by atoms with Crippen molar-refractivity contribution in [2.75, 3.05) is 17.2 Å². The van der Waals surface area contributed by atoms with Crippen LogP contribution in [0.5, 0.6) is 0 Å². The van der Waals surface area contributed by atoms with Gasteiger partial charge in [-0.25, -0.2) is 0 Å². The molecule has 0 heterocycles. The molecule has 0 fully saturated rings. The van der Waals surface area contributed by atoms with Gasteiger partial charge in [0.05, 0.1) is 17.1 Å². The Balaban J connectivity index is -0.0000000224. The molecule has 27 heavy (non-hydrogen) atoms. The van der Waals surface area contributed by atoms with E-state index in [2.05, 4.69) is 78.9 Å². The Morgan fingerprint density at radius 1 is 0.630 bits per heavy atom. The molecule has 1 aromatic carbocycles. The molecule has 0 saturated carbocycles. The Morgan fingerprint density at radius 3 is 0.889 bits per heavy atom. The van der Waals surface area contributed by atoms with Crippen LogP contribution in [0.2, 0.25) is 0 Å². The average Bonchev–Trinajstić information content (AvgIpc) is 2.69. The third-order valence-corrected chi connectivity index (χ3v) is 1.17. The molecule has 1 rings (SSSR count). The first-order chi connectivity index (χ1) is 11.9. The smallest absolute Gasteiger partial charge is 0.598 e.